The van der Waals surface area contributed by atoms with E-state index in [9.17, 15) is 4.79 Å². The van der Waals surface area contributed by atoms with E-state index in [-0.39, 0.29) is 6.61 Å². The Morgan fingerprint density at radius 1 is 0.792 bits per heavy atom. The molecule has 0 N–H and O–H groups in total. The van der Waals surface area contributed by atoms with Crippen molar-refractivity contribution in [3.05, 3.63) is 72.8 Å². The summed E-state index contributed by atoms with van der Waals surface area (Å²) in [6.45, 7) is -0.145. The molecule has 0 fully saturated rings. The van der Waals surface area contributed by atoms with Crippen molar-refractivity contribution >= 4 is 27.9 Å². The van der Waals surface area contributed by atoms with E-state index in [4.69, 9.17) is 13.9 Å². The molecule has 3 aromatic carbocycles. The topological polar surface area (TPSA) is 48.7 Å². The van der Waals surface area contributed by atoms with Crippen molar-refractivity contribution in [3.63, 3.8) is 0 Å². The van der Waals surface area contributed by atoms with Crippen LogP contribution in [0.25, 0.3) is 21.9 Å². The highest BCUT2D eigenvalue weighted by Gasteiger charge is 2.10. The van der Waals surface area contributed by atoms with Crippen molar-refractivity contribution in [2.24, 2.45) is 0 Å². The highest BCUT2D eigenvalue weighted by molar-refractivity contribution is 6.05. The van der Waals surface area contributed by atoms with Crippen molar-refractivity contribution in [1.82, 2.24) is 0 Å². The third kappa shape index (κ3) is 2.82. The quantitative estimate of drug-likeness (QED) is 0.408. The molecule has 4 nitrogen and oxygen atoms in total. The van der Waals surface area contributed by atoms with E-state index >= 15 is 0 Å². The van der Waals surface area contributed by atoms with Gasteiger partial charge in [0.25, 0.3) is 0 Å². The molecule has 0 amide bonds. The van der Waals surface area contributed by atoms with Crippen LogP contribution in [0.2, 0.25) is 0 Å². The average Bonchev–Trinajstić information content (AvgIpc) is 2.99. The monoisotopic (exact) mass is 318 g/mol. The molecule has 0 bridgehead atoms. The van der Waals surface area contributed by atoms with Gasteiger partial charge in [-0.1, -0.05) is 36.4 Å². The lowest BCUT2D eigenvalue weighted by Gasteiger charge is -2.06. The normalized spacial score (nSPS) is 10.8. The first kappa shape index (κ1) is 14.3. The number of carbonyl (C=O) groups is 1. The molecule has 0 aliphatic heterocycles. The maximum atomic E-state index is 12.0. The fourth-order valence-corrected chi connectivity index (χ4v) is 2.59. The maximum absolute atomic E-state index is 12.0. The molecule has 0 aliphatic carbocycles. The summed E-state index contributed by atoms with van der Waals surface area (Å²) in [7, 11) is 0. The summed E-state index contributed by atoms with van der Waals surface area (Å²) < 4.78 is 16.5. The van der Waals surface area contributed by atoms with Gasteiger partial charge in [-0.2, -0.15) is 0 Å². The molecule has 0 radical (unpaired) electrons. The molecule has 0 saturated heterocycles. The summed E-state index contributed by atoms with van der Waals surface area (Å²) in [5.74, 6) is 0.646. The van der Waals surface area contributed by atoms with Gasteiger partial charge in [-0.3, -0.25) is 0 Å². The Hall–Kier alpha value is -3.27. The largest absolute Gasteiger partial charge is 0.482 e. The van der Waals surface area contributed by atoms with Gasteiger partial charge >= 0.3 is 5.97 Å². The van der Waals surface area contributed by atoms with Crippen LogP contribution in [-0.4, -0.2) is 12.6 Å². The van der Waals surface area contributed by atoms with Gasteiger partial charge in [0, 0.05) is 10.8 Å². The summed E-state index contributed by atoms with van der Waals surface area (Å²) in [6.07, 6.45) is 0. The SMILES string of the molecule is O=C(COc1ccccc1)Oc1ccc2oc3ccccc3c2c1. The summed E-state index contributed by atoms with van der Waals surface area (Å²) in [4.78, 5) is 12.0. The Balaban J connectivity index is 1.51. The van der Waals surface area contributed by atoms with Crippen molar-refractivity contribution in [2.75, 3.05) is 6.61 Å². The lowest BCUT2D eigenvalue weighted by Crippen LogP contribution is -2.17. The molecule has 0 unspecified atom stereocenters. The van der Waals surface area contributed by atoms with Crippen LogP contribution in [0.1, 0.15) is 0 Å². The number of carbonyl (C=O) groups excluding carboxylic acids is 1. The first-order valence-electron chi connectivity index (χ1n) is 7.59. The van der Waals surface area contributed by atoms with Gasteiger partial charge in [0.15, 0.2) is 6.61 Å². The second-order valence-electron chi connectivity index (χ2n) is 5.33. The molecule has 0 aliphatic rings. The average molecular weight is 318 g/mol. The molecule has 0 atom stereocenters. The van der Waals surface area contributed by atoms with E-state index in [1.54, 1.807) is 24.3 Å². The first-order chi connectivity index (χ1) is 11.8. The number of ether oxygens (including phenoxy) is 2. The standard InChI is InChI=1S/C20H14O4/c21-20(13-22-14-6-2-1-3-7-14)23-15-10-11-19-17(12-15)16-8-4-5-9-18(16)24-19/h1-12H,13H2. The second-order valence-corrected chi connectivity index (χ2v) is 5.33. The minimum absolute atomic E-state index is 0.145. The highest BCUT2D eigenvalue weighted by atomic mass is 16.6. The lowest BCUT2D eigenvalue weighted by atomic mass is 10.1. The zero-order chi connectivity index (χ0) is 16.4. The molecule has 4 aromatic rings. The zero-order valence-corrected chi connectivity index (χ0v) is 12.8. The van der Waals surface area contributed by atoms with Crippen LogP contribution >= 0.6 is 0 Å². The van der Waals surface area contributed by atoms with E-state index in [1.165, 1.54) is 0 Å². The number of furan rings is 1. The molecular weight excluding hydrogens is 304 g/mol. The number of fused-ring (bicyclic) bond motifs is 3. The van der Waals surface area contributed by atoms with Gasteiger partial charge < -0.3 is 13.9 Å². The lowest BCUT2D eigenvalue weighted by molar-refractivity contribution is -0.136. The van der Waals surface area contributed by atoms with Gasteiger partial charge in [0.1, 0.15) is 22.7 Å². The predicted molar refractivity (Wildman–Crippen MR) is 91.3 cm³/mol. The minimum Gasteiger partial charge on any atom is -0.482 e. The van der Waals surface area contributed by atoms with Gasteiger partial charge in [0.05, 0.1) is 0 Å². The van der Waals surface area contributed by atoms with E-state index < -0.39 is 5.97 Å². The number of para-hydroxylation sites is 2. The number of rotatable bonds is 4. The zero-order valence-electron chi connectivity index (χ0n) is 12.8. The van der Waals surface area contributed by atoms with Crippen LogP contribution in [0, 0.1) is 0 Å². The smallest absolute Gasteiger partial charge is 0.349 e. The molecule has 24 heavy (non-hydrogen) atoms. The van der Waals surface area contributed by atoms with Crippen LogP contribution in [0.15, 0.2) is 77.2 Å². The fraction of sp³-hybridized carbons (Fsp3) is 0.0500. The van der Waals surface area contributed by atoms with Crippen LogP contribution in [0.5, 0.6) is 11.5 Å². The Bertz CT molecular complexity index is 1000. The third-order valence-electron chi connectivity index (χ3n) is 3.68. The summed E-state index contributed by atoms with van der Waals surface area (Å²) >= 11 is 0. The van der Waals surface area contributed by atoms with Crippen LogP contribution in [0.3, 0.4) is 0 Å². The van der Waals surface area contributed by atoms with Crippen molar-refractivity contribution in [3.8, 4) is 11.5 Å². The molecule has 0 spiro atoms. The molecule has 1 aromatic heterocycles. The molecule has 1 heterocycles. The number of hydrogen-bond acceptors (Lipinski definition) is 4. The third-order valence-corrected chi connectivity index (χ3v) is 3.68. The summed E-state index contributed by atoms with van der Waals surface area (Å²) in [5, 5.41) is 1.91. The Morgan fingerprint density at radius 2 is 1.54 bits per heavy atom. The second kappa shape index (κ2) is 6.08. The van der Waals surface area contributed by atoms with Gasteiger partial charge in [-0.05, 0) is 36.4 Å². The number of benzene rings is 3. The Morgan fingerprint density at radius 3 is 2.42 bits per heavy atom. The van der Waals surface area contributed by atoms with Crippen molar-refractivity contribution in [1.29, 1.82) is 0 Å². The Kier molecular flexibility index (Phi) is 3.63. The number of esters is 1. The van der Waals surface area contributed by atoms with Crippen molar-refractivity contribution in [2.45, 2.75) is 0 Å². The summed E-state index contributed by atoms with van der Waals surface area (Å²) in [5.41, 5.74) is 1.57. The highest BCUT2D eigenvalue weighted by Crippen LogP contribution is 2.31. The Labute approximate surface area is 138 Å². The molecule has 4 heteroatoms. The fourth-order valence-electron chi connectivity index (χ4n) is 2.59. The van der Waals surface area contributed by atoms with Gasteiger partial charge in [-0.15, -0.1) is 0 Å². The van der Waals surface area contributed by atoms with Crippen LogP contribution < -0.4 is 9.47 Å². The van der Waals surface area contributed by atoms with Gasteiger partial charge in [-0.25, -0.2) is 4.79 Å². The van der Waals surface area contributed by atoms with E-state index in [0.717, 1.165) is 21.9 Å². The van der Waals surface area contributed by atoms with Gasteiger partial charge in [0.2, 0.25) is 0 Å². The van der Waals surface area contributed by atoms with E-state index in [0.29, 0.717) is 11.5 Å². The molecule has 0 saturated carbocycles. The molecular formula is C20H14O4. The molecule has 4 rings (SSSR count). The first-order valence-corrected chi connectivity index (χ1v) is 7.59. The van der Waals surface area contributed by atoms with Crippen molar-refractivity contribution < 1.29 is 18.7 Å². The number of hydrogen-bond donors (Lipinski definition) is 0. The van der Waals surface area contributed by atoms with E-state index in [2.05, 4.69) is 0 Å². The van der Waals surface area contributed by atoms with Crippen LogP contribution in [0.4, 0.5) is 0 Å². The molecule has 118 valence electrons. The minimum atomic E-state index is -0.453. The maximum Gasteiger partial charge on any atom is 0.349 e. The van der Waals surface area contributed by atoms with Crippen LogP contribution in [-0.2, 0) is 4.79 Å². The predicted octanol–water partition coefficient (Wildman–Crippen LogP) is 4.57. The summed E-state index contributed by atoms with van der Waals surface area (Å²) in [6, 6.07) is 22.2. The van der Waals surface area contributed by atoms with E-state index in [1.807, 2.05) is 48.5 Å².